The molecule has 1 aromatic heterocycles. The molecule has 0 atom stereocenters. The summed E-state index contributed by atoms with van der Waals surface area (Å²) in [4.78, 5) is 13.0. The molecule has 0 saturated carbocycles. The number of hydrazone groups is 1. The minimum absolute atomic E-state index is 0.0892. The maximum Gasteiger partial charge on any atom is 0.264 e. The van der Waals surface area contributed by atoms with Crippen molar-refractivity contribution in [2.24, 2.45) is 5.10 Å². The van der Waals surface area contributed by atoms with Crippen LogP contribution in [0.5, 0.6) is 0 Å². The van der Waals surface area contributed by atoms with Crippen molar-refractivity contribution in [3.05, 3.63) is 111 Å². The lowest BCUT2D eigenvalue weighted by Gasteiger charge is -2.24. The first-order chi connectivity index (χ1) is 18.1. The topological polar surface area (TPSA) is 83.8 Å². The number of nitrogens with one attached hydrogen (secondary N) is 1. The van der Waals surface area contributed by atoms with E-state index in [0.717, 1.165) is 32.5 Å². The second kappa shape index (κ2) is 11.4. The highest BCUT2D eigenvalue weighted by Gasteiger charge is 2.27. The van der Waals surface area contributed by atoms with Crippen molar-refractivity contribution < 1.29 is 13.2 Å². The zero-order valence-corrected chi connectivity index (χ0v) is 23.3. The molecule has 0 aliphatic heterocycles. The van der Waals surface area contributed by atoms with Gasteiger partial charge in [0, 0.05) is 32.7 Å². The number of nitrogens with zero attached hydrogens (tertiary/aromatic N) is 3. The minimum Gasteiger partial charge on any atom is -0.318 e. The standard InChI is InChI=1S/C28H26Cl2N4O3S/c1-19-8-7-9-25(12-19)33(38(36,37)27-10-5-4-6-11-27)18-28(35)32-31-17-22-13-20(2)34(21(22)3)26-15-23(29)14-24(30)16-26/h4-17H,18H2,1-3H3,(H,32,35)/b31-17-. The van der Waals surface area contributed by atoms with Gasteiger partial charge in [0.1, 0.15) is 6.54 Å². The van der Waals surface area contributed by atoms with Gasteiger partial charge in [0.2, 0.25) is 0 Å². The van der Waals surface area contributed by atoms with Crippen LogP contribution in [-0.2, 0) is 14.8 Å². The van der Waals surface area contributed by atoms with Crippen LogP contribution in [0.1, 0.15) is 22.5 Å². The molecule has 196 valence electrons. The first kappa shape index (κ1) is 27.4. The highest BCUT2D eigenvalue weighted by atomic mass is 35.5. The first-order valence-electron chi connectivity index (χ1n) is 11.7. The van der Waals surface area contributed by atoms with Gasteiger partial charge in [-0.3, -0.25) is 9.10 Å². The molecular formula is C28H26Cl2N4O3S. The van der Waals surface area contributed by atoms with E-state index in [1.807, 2.05) is 49.6 Å². The Balaban J connectivity index is 1.55. The predicted molar refractivity (Wildman–Crippen MR) is 153 cm³/mol. The van der Waals surface area contributed by atoms with Crippen LogP contribution in [0.25, 0.3) is 5.69 Å². The third kappa shape index (κ3) is 6.10. The monoisotopic (exact) mass is 568 g/mol. The number of sulfonamides is 1. The number of halogens is 2. The summed E-state index contributed by atoms with van der Waals surface area (Å²) in [6.45, 7) is 5.26. The number of benzene rings is 3. The molecule has 3 aromatic carbocycles. The van der Waals surface area contributed by atoms with Crippen LogP contribution in [0.15, 0.2) is 88.9 Å². The largest absolute Gasteiger partial charge is 0.318 e. The van der Waals surface area contributed by atoms with Gasteiger partial charge in [-0.1, -0.05) is 53.5 Å². The lowest BCUT2D eigenvalue weighted by molar-refractivity contribution is -0.119. The van der Waals surface area contributed by atoms with Crippen LogP contribution in [-0.4, -0.2) is 31.7 Å². The molecule has 0 bridgehead atoms. The van der Waals surface area contributed by atoms with Gasteiger partial charge in [0.05, 0.1) is 16.8 Å². The molecule has 1 N–H and O–H groups in total. The Hall–Kier alpha value is -3.59. The summed E-state index contributed by atoms with van der Waals surface area (Å²) in [6, 6.07) is 22.2. The molecule has 0 aliphatic rings. The van der Waals surface area contributed by atoms with Crippen molar-refractivity contribution in [3.8, 4) is 5.69 Å². The molecule has 4 rings (SSSR count). The molecule has 0 saturated heterocycles. The van der Waals surface area contributed by atoms with Crippen LogP contribution < -0.4 is 9.73 Å². The number of rotatable bonds is 8. The van der Waals surface area contributed by atoms with E-state index in [-0.39, 0.29) is 4.90 Å². The number of hydrogen-bond acceptors (Lipinski definition) is 4. The Morgan fingerprint density at radius 1 is 0.947 bits per heavy atom. The summed E-state index contributed by atoms with van der Waals surface area (Å²) < 4.78 is 29.9. The quantitative estimate of drug-likeness (QED) is 0.207. The lowest BCUT2D eigenvalue weighted by Crippen LogP contribution is -2.39. The molecule has 1 amide bonds. The molecule has 38 heavy (non-hydrogen) atoms. The first-order valence-corrected chi connectivity index (χ1v) is 13.9. The van der Waals surface area contributed by atoms with Crippen molar-refractivity contribution in [2.75, 3.05) is 10.8 Å². The second-order valence-corrected chi connectivity index (χ2v) is 11.5. The third-order valence-corrected chi connectivity index (χ3v) is 8.10. The zero-order valence-electron chi connectivity index (χ0n) is 21.0. The van der Waals surface area contributed by atoms with Crippen molar-refractivity contribution in [3.63, 3.8) is 0 Å². The number of hydrogen-bond donors (Lipinski definition) is 1. The molecule has 0 unspecified atom stereocenters. The van der Waals surface area contributed by atoms with E-state index in [9.17, 15) is 13.2 Å². The van der Waals surface area contributed by atoms with Crippen LogP contribution in [0, 0.1) is 20.8 Å². The summed E-state index contributed by atoms with van der Waals surface area (Å²) in [5.41, 5.74) is 7.08. The number of aryl methyl sites for hydroxylation is 2. The predicted octanol–water partition coefficient (Wildman–Crippen LogP) is 6.05. The van der Waals surface area contributed by atoms with E-state index in [1.165, 1.54) is 18.3 Å². The lowest BCUT2D eigenvalue weighted by atomic mass is 10.2. The van der Waals surface area contributed by atoms with E-state index in [1.54, 1.807) is 42.5 Å². The van der Waals surface area contributed by atoms with Crippen molar-refractivity contribution in [2.45, 2.75) is 25.7 Å². The molecule has 0 radical (unpaired) electrons. The fraction of sp³-hybridized carbons (Fsp3) is 0.143. The fourth-order valence-electron chi connectivity index (χ4n) is 4.14. The van der Waals surface area contributed by atoms with Gasteiger partial charge in [-0.25, -0.2) is 13.8 Å². The molecule has 10 heteroatoms. The van der Waals surface area contributed by atoms with Crippen molar-refractivity contribution in [1.29, 1.82) is 0 Å². The van der Waals surface area contributed by atoms with Crippen LogP contribution >= 0.6 is 23.2 Å². The highest BCUT2D eigenvalue weighted by molar-refractivity contribution is 7.92. The maximum atomic E-state index is 13.4. The van der Waals surface area contributed by atoms with E-state index in [0.29, 0.717) is 15.7 Å². The summed E-state index contributed by atoms with van der Waals surface area (Å²) in [5, 5.41) is 5.13. The number of amides is 1. The number of carbonyl (C=O) groups excluding carboxylic acids is 1. The van der Waals surface area contributed by atoms with Gasteiger partial charge < -0.3 is 4.57 Å². The molecule has 7 nitrogen and oxygen atoms in total. The van der Waals surface area contributed by atoms with E-state index in [4.69, 9.17) is 23.2 Å². The summed E-state index contributed by atoms with van der Waals surface area (Å²) >= 11 is 12.4. The molecule has 1 heterocycles. The Kier molecular flexibility index (Phi) is 8.26. The molecule has 0 spiro atoms. The van der Waals surface area contributed by atoms with Gasteiger partial charge in [0.25, 0.3) is 15.9 Å². The van der Waals surface area contributed by atoms with Crippen molar-refractivity contribution >= 4 is 51.0 Å². The smallest absolute Gasteiger partial charge is 0.264 e. The Morgan fingerprint density at radius 3 is 2.29 bits per heavy atom. The second-order valence-electron chi connectivity index (χ2n) is 8.75. The Bertz CT molecular complexity index is 1600. The average Bonchev–Trinajstić information content (AvgIpc) is 3.15. The normalized spacial score (nSPS) is 11.6. The van der Waals surface area contributed by atoms with Gasteiger partial charge in [-0.2, -0.15) is 5.10 Å². The Morgan fingerprint density at radius 2 is 1.63 bits per heavy atom. The maximum absolute atomic E-state index is 13.4. The summed E-state index contributed by atoms with van der Waals surface area (Å²) in [6.07, 6.45) is 1.52. The highest BCUT2D eigenvalue weighted by Crippen LogP contribution is 2.26. The number of anilines is 1. The molecule has 0 fully saturated rings. The van der Waals surface area contributed by atoms with E-state index >= 15 is 0 Å². The number of carbonyl (C=O) groups is 1. The van der Waals surface area contributed by atoms with E-state index < -0.39 is 22.5 Å². The average molecular weight is 570 g/mol. The molecule has 4 aromatic rings. The van der Waals surface area contributed by atoms with Crippen molar-refractivity contribution in [1.82, 2.24) is 9.99 Å². The van der Waals surface area contributed by atoms with Crippen LogP contribution in [0.4, 0.5) is 5.69 Å². The van der Waals surface area contributed by atoms with Gasteiger partial charge in [-0.05, 0) is 74.9 Å². The summed E-state index contributed by atoms with van der Waals surface area (Å²) in [7, 11) is -3.99. The van der Waals surface area contributed by atoms with Crippen LogP contribution in [0.2, 0.25) is 10.0 Å². The Labute approximate surface area is 232 Å². The van der Waals surface area contributed by atoms with Gasteiger partial charge >= 0.3 is 0 Å². The fourth-order valence-corrected chi connectivity index (χ4v) is 6.09. The van der Waals surface area contributed by atoms with Gasteiger partial charge in [-0.15, -0.1) is 0 Å². The molecule has 0 aliphatic carbocycles. The SMILES string of the molecule is Cc1cccc(N(CC(=O)N/N=C\c2cc(C)n(-c3cc(Cl)cc(Cl)c3)c2C)S(=O)(=O)c2ccccc2)c1. The summed E-state index contributed by atoms with van der Waals surface area (Å²) in [5.74, 6) is -0.585. The third-order valence-electron chi connectivity index (χ3n) is 5.88. The number of aromatic nitrogens is 1. The van der Waals surface area contributed by atoms with Gasteiger partial charge in [0.15, 0.2) is 0 Å². The molecular weight excluding hydrogens is 543 g/mol. The van der Waals surface area contributed by atoms with E-state index in [2.05, 4.69) is 10.5 Å². The van der Waals surface area contributed by atoms with Crippen LogP contribution in [0.3, 0.4) is 0 Å². The zero-order chi connectivity index (χ0) is 27.4. The minimum atomic E-state index is -3.99.